The summed E-state index contributed by atoms with van der Waals surface area (Å²) in [4.78, 5) is -0.0446. The summed E-state index contributed by atoms with van der Waals surface area (Å²) in [5, 5.41) is 0. The summed E-state index contributed by atoms with van der Waals surface area (Å²) < 4.78 is 44.3. The van der Waals surface area contributed by atoms with Gasteiger partial charge in [0, 0.05) is 12.7 Å². The maximum Gasteiger partial charge on any atom is 0.267 e. The van der Waals surface area contributed by atoms with Crippen LogP contribution in [-0.4, -0.2) is 22.6 Å². The molecule has 7 heteroatoms. The van der Waals surface area contributed by atoms with E-state index in [-0.39, 0.29) is 10.6 Å². The van der Waals surface area contributed by atoms with Crippen LogP contribution in [0.4, 0.5) is 15.8 Å². The highest BCUT2D eigenvalue weighted by Gasteiger charge is 2.25. The second-order valence-corrected chi connectivity index (χ2v) is 6.30. The first-order chi connectivity index (χ1) is 9.86. The van der Waals surface area contributed by atoms with E-state index in [0.29, 0.717) is 11.4 Å². The zero-order chi connectivity index (χ0) is 15.6. The minimum Gasteiger partial charge on any atom is -0.495 e. The number of benzene rings is 2. The van der Waals surface area contributed by atoms with Gasteiger partial charge in [-0.25, -0.2) is 12.8 Å². The highest BCUT2D eigenvalue weighted by Crippen LogP contribution is 2.30. The van der Waals surface area contributed by atoms with Crippen molar-refractivity contribution in [3.8, 4) is 5.75 Å². The highest BCUT2D eigenvalue weighted by molar-refractivity contribution is 7.93. The van der Waals surface area contributed by atoms with Gasteiger partial charge in [0.2, 0.25) is 0 Å². The van der Waals surface area contributed by atoms with Crippen molar-refractivity contribution in [2.24, 2.45) is 0 Å². The Bertz CT molecular complexity index is 745. The molecule has 2 N–H and O–H groups in total. The molecular weight excluding hydrogens is 295 g/mol. The van der Waals surface area contributed by atoms with E-state index in [4.69, 9.17) is 10.5 Å². The van der Waals surface area contributed by atoms with E-state index in [1.807, 2.05) is 0 Å². The second-order valence-electron chi connectivity index (χ2n) is 4.36. The summed E-state index contributed by atoms with van der Waals surface area (Å²) >= 11 is 0. The molecule has 0 aliphatic heterocycles. The molecule has 0 fully saturated rings. The van der Waals surface area contributed by atoms with Crippen molar-refractivity contribution in [3.05, 3.63) is 48.3 Å². The van der Waals surface area contributed by atoms with Gasteiger partial charge in [-0.1, -0.05) is 0 Å². The van der Waals surface area contributed by atoms with E-state index in [0.717, 1.165) is 4.31 Å². The summed E-state index contributed by atoms with van der Waals surface area (Å²) in [6, 6.07) is 9.51. The van der Waals surface area contributed by atoms with Gasteiger partial charge in [-0.05, 0) is 42.5 Å². The van der Waals surface area contributed by atoms with Crippen LogP contribution in [0.15, 0.2) is 47.4 Å². The Morgan fingerprint density at radius 2 is 1.76 bits per heavy atom. The zero-order valence-electron chi connectivity index (χ0n) is 11.6. The Balaban J connectivity index is 2.51. The average Bonchev–Trinajstić information content (AvgIpc) is 2.47. The zero-order valence-corrected chi connectivity index (χ0v) is 12.4. The third-order valence-electron chi connectivity index (χ3n) is 3.02. The van der Waals surface area contributed by atoms with Crippen LogP contribution in [0, 0.1) is 5.82 Å². The monoisotopic (exact) mass is 310 g/mol. The van der Waals surface area contributed by atoms with Gasteiger partial charge in [0.05, 0.1) is 12.8 Å². The fraction of sp³-hybridized carbons (Fsp3) is 0.143. The van der Waals surface area contributed by atoms with E-state index in [1.54, 1.807) is 6.07 Å². The molecule has 0 aliphatic rings. The van der Waals surface area contributed by atoms with Crippen LogP contribution in [-0.2, 0) is 10.0 Å². The summed E-state index contributed by atoms with van der Waals surface area (Å²) in [6.45, 7) is 0. The number of nitrogens with zero attached hydrogens (tertiary/aromatic N) is 1. The lowest BCUT2D eigenvalue weighted by Crippen LogP contribution is -2.27. The molecular formula is C14H15FN2O3S. The van der Waals surface area contributed by atoms with Crippen molar-refractivity contribution in [2.75, 3.05) is 24.2 Å². The number of methoxy groups -OCH3 is 1. The first-order valence-electron chi connectivity index (χ1n) is 6.04. The molecule has 0 saturated heterocycles. The maximum absolute atomic E-state index is 12.9. The molecule has 2 rings (SSSR count). The lowest BCUT2D eigenvalue weighted by Gasteiger charge is -2.21. The predicted molar refractivity (Wildman–Crippen MR) is 79.4 cm³/mol. The van der Waals surface area contributed by atoms with Crippen LogP contribution < -0.4 is 14.8 Å². The molecule has 0 bridgehead atoms. The lowest BCUT2D eigenvalue weighted by atomic mass is 10.3. The van der Waals surface area contributed by atoms with Gasteiger partial charge in [0.1, 0.15) is 16.5 Å². The van der Waals surface area contributed by atoms with Gasteiger partial charge in [0.25, 0.3) is 10.0 Å². The molecule has 0 atom stereocenters. The fourth-order valence-corrected chi connectivity index (χ4v) is 3.22. The summed E-state index contributed by atoms with van der Waals surface area (Å²) in [5.41, 5.74) is 6.29. The number of ether oxygens (including phenoxy) is 1. The fourth-order valence-electron chi connectivity index (χ4n) is 1.83. The van der Waals surface area contributed by atoms with E-state index < -0.39 is 15.8 Å². The summed E-state index contributed by atoms with van der Waals surface area (Å²) in [6.07, 6.45) is 0. The van der Waals surface area contributed by atoms with E-state index in [2.05, 4.69) is 0 Å². The Morgan fingerprint density at radius 3 is 2.33 bits per heavy atom. The van der Waals surface area contributed by atoms with Gasteiger partial charge < -0.3 is 10.5 Å². The molecule has 0 heterocycles. The summed E-state index contributed by atoms with van der Waals surface area (Å²) in [7, 11) is -1.11. The van der Waals surface area contributed by atoms with Crippen LogP contribution in [0.1, 0.15) is 0 Å². The smallest absolute Gasteiger partial charge is 0.267 e. The minimum atomic E-state index is -3.86. The Hall–Kier alpha value is -2.28. The van der Waals surface area contributed by atoms with Crippen LogP contribution in [0.5, 0.6) is 5.75 Å². The van der Waals surface area contributed by atoms with Crippen LogP contribution in [0.25, 0.3) is 0 Å². The van der Waals surface area contributed by atoms with Crippen molar-refractivity contribution < 1.29 is 17.5 Å². The normalized spacial score (nSPS) is 11.2. The molecule has 0 amide bonds. The lowest BCUT2D eigenvalue weighted by molar-refractivity contribution is 0.403. The van der Waals surface area contributed by atoms with Crippen molar-refractivity contribution in [2.45, 2.75) is 4.90 Å². The van der Waals surface area contributed by atoms with Crippen molar-refractivity contribution in [1.29, 1.82) is 0 Å². The van der Waals surface area contributed by atoms with Gasteiger partial charge in [-0.3, -0.25) is 4.31 Å². The molecule has 0 radical (unpaired) electrons. The molecule has 112 valence electrons. The van der Waals surface area contributed by atoms with Gasteiger partial charge in [-0.2, -0.15) is 0 Å². The van der Waals surface area contributed by atoms with E-state index in [9.17, 15) is 12.8 Å². The Kier molecular flexibility index (Phi) is 4.04. The van der Waals surface area contributed by atoms with Crippen molar-refractivity contribution >= 4 is 21.4 Å². The molecule has 0 spiro atoms. The van der Waals surface area contributed by atoms with Crippen LogP contribution in [0.2, 0.25) is 0 Å². The molecule has 21 heavy (non-hydrogen) atoms. The third-order valence-corrected chi connectivity index (χ3v) is 4.82. The minimum absolute atomic E-state index is 0.0446. The number of hydrogen-bond acceptors (Lipinski definition) is 4. The number of nitrogen functional groups attached to an aromatic ring is 1. The topological polar surface area (TPSA) is 72.6 Å². The van der Waals surface area contributed by atoms with Crippen LogP contribution >= 0.6 is 0 Å². The molecule has 0 unspecified atom stereocenters. The molecule has 0 aliphatic carbocycles. The SMILES string of the molecule is COc1ccc(N)cc1S(=O)(=O)N(C)c1ccc(F)cc1. The van der Waals surface area contributed by atoms with Crippen molar-refractivity contribution in [3.63, 3.8) is 0 Å². The molecule has 0 saturated carbocycles. The number of hydrogen-bond donors (Lipinski definition) is 1. The van der Waals surface area contributed by atoms with E-state index >= 15 is 0 Å². The van der Waals surface area contributed by atoms with Gasteiger partial charge >= 0.3 is 0 Å². The summed E-state index contributed by atoms with van der Waals surface area (Å²) in [5.74, 6) is -0.246. The number of halogens is 1. The highest BCUT2D eigenvalue weighted by atomic mass is 32.2. The molecule has 0 aromatic heterocycles. The van der Waals surface area contributed by atoms with Gasteiger partial charge in [-0.15, -0.1) is 0 Å². The number of sulfonamides is 1. The first-order valence-corrected chi connectivity index (χ1v) is 7.48. The predicted octanol–water partition coefficient (Wildman–Crippen LogP) is 2.24. The number of rotatable bonds is 4. The second kappa shape index (κ2) is 5.61. The van der Waals surface area contributed by atoms with Crippen LogP contribution in [0.3, 0.4) is 0 Å². The average molecular weight is 310 g/mol. The molecule has 5 nitrogen and oxygen atoms in total. The molecule has 2 aromatic carbocycles. The third kappa shape index (κ3) is 2.92. The molecule has 2 aromatic rings. The number of anilines is 2. The Morgan fingerprint density at radius 1 is 1.14 bits per heavy atom. The van der Waals surface area contributed by atoms with E-state index in [1.165, 1.54) is 50.6 Å². The quantitative estimate of drug-likeness (QED) is 0.879. The first kappa shape index (κ1) is 15.1. The maximum atomic E-state index is 12.9. The Labute approximate surface area is 122 Å². The van der Waals surface area contributed by atoms with Crippen molar-refractivity contribution in [1.82, 2.24) is 0 Å². The number of nitrogens with two attached hydrogens (primary N) is 1. The largest absolute Gasteiger partial charge is 0.495 e. The standard InChI is InChI=1S/C14H15FN2O3S/c1-17(12-6-3-10(15)4-7-12)21(18,19)14-9-11(16)5-8-13(14)20-2/h3-9H,16H2,1-2H3. The van der Waals surface area contributed by atoms with Gasteiger partial charge in [0.15, 0.2) is 0 Å².